The molecule has 0 nitrogen and oxygen atoms in total. The van der Waals surface area contributed by atoms with Crippen LogP contribution in [0.3, 0.4) is 0 Å². The zero-order valence-corrected chi connectivity index (χ0v) is 7.77. The van der Waals surface area contributed by atoms with Gasteiger partial charge in [0.25, 0.3) is 0 Å². The van der Waals surface area contributed by atoms with Gasteiger partial charge in [-0.2, -0.15) is 0 Å². The molecule has 0 aromatic carbocycles. The van der Waals surface area contributed by atoms with Crippen molar-refractivity contribution in [1.82, 2.24) is 0 Å². The Bertz CT molecular complexity index is 213. The molecule has 0 saturated carbocycles. The van der Waals surface area contributed by atoms with Crippen molar-refractivity contribution in [3.63, 3.8) is 0 Å². The van der Waals surface area contributed by atoms with Gasteiger partial charge in [-0.1, -0.05) is 23.8 Å². The first-order chi connectivity index (χ1) is 5.42. The zero-order chi connectivity index (χ0) is 7.68. The van der Waals surface area contributed by atoms with E-state index >= 15 is 0 Å². The van der Waals surface area contributed by atoms with E-state index in [4.69, 9.17) is 0 Å². The summed E-state index contributed by atoms with van der Waals surface area (Å²) in [4.78, 5) is 0. The Morgan fingerprint density at radius 2 is 2.18 bits per heavy atom. The van der Waals surface area contributed by atoms with E-state index in [1.54, 1.807) is 11.1 Å². The van der Waals surface area contributed by atoms with Crippen molar-refractivity contribution in [1.29, 1.82) is 0 Å². The van der Waals surface area contributed by atoms with Gasteiger partial charge in [0.1, 0.15) is 0 Å². The largest absolute Gasteiger partial charge is 0.0774 e. The molecule has 2 rings (SSSR count). The lowest BCUT2D eigenvalue weighted by Gasteiger charge is -2.18. The first-order valence-corrected chi connectivity index (χ1v) is 5.17. The molecular weight excluding hydrogens is 148 g/mol. The lowest BCUT2D eigenvalue weighted by Crippen LogP contribution is -2.02. The summed E-state index contributed by atoms with van der Waals surface area (Å²) in [6, 6.07) is 1.11. The summed E-state index contributed by atoms with van der Waals surface area (Å²) in [7, 11) is 3.60. The van der Waals surface area contributed by atoms with Gasteiger partial charge < -0.3 is 0 Å². The smallest absolute Gasteiger partial charge is 0.0233 e. The van der Waals surface area contributed by atoms with Crippen LogP contribution in [0.4, 0.5) is 0 Å². The number of allylic oxidation sites excluding steroid dienone is 4. The topological polar surface area (TPSA) is 0 Å². The molecule has 1 heteroatoms. The second-order valence-electron chi connectivity index (χ2n) is 3.43. The maximum absolute atomic E-state index is 3.60. The van der Waals surface area contributed by atoms with Crippen LogP contribution in [0.1, 0.15) is 25.7 Å². The van der Waals surface area contributed by atoms with Gasteiger partial charge in [0.05, 0.1) is 0 Å². The van der Waals surface area contributed by atoms with Crippen LogP contribution < -0.4 is 0 Å². The molecule has 0 aromatic rings. The second-order valence-corrected chi connectivity index (χ2v) is 3.84. The molecule has 0 heterocycles. The molecule has 0 aromatic heterocycles. The molecular formula is C10H13Si. The van der Waals surface area contributed by atoms with Crippen LogP contribution in [-0.4, -0.2) is 10.2 Å². The second kappa shape index (κ2) is 2.98. The SMILES string of the molecule is [Si]CC1C=CC2=C1CCCC2. The van der Waals surface area contributed by atoms with E-state index in [2.05, 4.69) is 22.4 Å². The number of hydrogen-bond acceptors (Lipinski definition) is 0. The van der Waals surface area contributed by atoms with E-state index in [0.29, 0.717) is 0 Å². The van der Waals surface area contributed by atoms with E-state index in [-0.39, 0.29) is 0 Å². The Kier molecular flexibility index (Phi) is 1.99. The van der Waals surface area contributed by atoms with Crippen LogP contribution in [0.25, 0.3) is 0 Å². The van der Waals surface area contributed by atoms with Crippen LogP contribution in [-0.2, 0) is 0 Å². The molecule has 1 atom stereocenters. The third-order valence-corrected chi connectivity index (χ3v) is 3.19. The summed E-state index contributed by atoms with van der Waals surface area (Å²) in [5, 5.41) is 0. The first-order valence-electron chi connectivity index (χ1n) is 4.46. The van der Waals surface area contributed by atoms with Crippen molar-refractivity contribution in [3.8, 4) is 0 Å². The first kappa shape index (κ1) is 7.35. The summed E-state index contributed by atoms with van der Waals surface area (Å²) in [6.45, 7) is 0. The predicted octanol–water partition coefficient (Wildman–Crippen LogP) is 2.63. The highest BCUT2D eigenvalue weighted by molar-refractivity contribution is 6.09. The summed E-state index contributed by atoms with van der Waals surface area (Å²) in [6.07, 6.45) is 10.2. The Morgan fingerprint density at radius 1 is 1.36 bits per heavy atom. The molecule has 1 unspecified atom stereocenters. The van der Waals surface area contributed by atoms with Crippen molar-refractivity contribution < 1.29 is 0 Å². The van der Waals surface area contributed by atoms with Gasteiger partial charge in [-0.15, -0.1) is 0 Å². The molecule has 3 radical (unpaired) electrons. The fourth-order valence-corrected chi connectivity index (χ4v) is 2.49. The standard InChI is InChI=1S/C10H13Si/c11-7-9-6-5-8-3-1-2-4-10(8)9/h5-6,9H,1-4,7H2. The van der Waals surface area contributed by atoms with Crippen LogP contribution >= 0.6 is 0 Å². The van der Waals surface area contributed by atoms with Crippen molar-refractivity contribution in [2.45, 2.75) is 31.7 Å². The van der Waals surface area contributed by atoms with Crippen LogP contribution in [0, 0.1) is 5.92 Å². The van der Waals surface area contributed by atoms with Crippen molar-refractivity contribution >= 4 is 10.2 Å². The van der Waals surface area contributed by atoms with E-state index in [9.17, 15) is 0 Å². The number of hydrogen-bond donors (Lipinski definition) is 0. The predicted molar refractivity (Wildman–Crippen MR) is 48.7 cm³/mol. The van der Waals surface area contributed by atoms with Gasteiger partial charge >= 0.3 is 0 Å². The molecule has 0 fully saturated rings. The quantitative estimate of drug-likeness (QED) is 0.519. The number of rotatable bonds is 1. The van der Waals surface area contributed by atoms with Crippen LogP contribution in [0.15, 0.2) is 23.3 Å². The normalized spacial score (nSPS) is 29.4. The molecule has 11 heavy (non-hydrogen) atoms. The van der Waals surface area contributed by atoms with Crippen LogP contribution in [0.2, 0.25) is 6.04 Å². The monoisotopic (exact) mass is 161 g/mol. The average Bonchev–Trinajstić information content (AvgIpc) is 2.47. The summed E-state index contributed by atoms with van der Waals surface area (Å²) < 4.78 is 0. The van der Waals surface area contributed by atoms with Crippen molar-refractivity contribution in [2.24, 2.45) is 5.92 Å². The lowest BCUT2D eigenvalue weighted by atomic mass is 9.89. The fourth-order valence-electron chi connectivity index (χ4n) is 2.11. The Morgan fingerprint density at radius 3 is 3.00 bits per heavy atom. The highest BCUT2D eigenvalue weighted by atomic mass is 28.1. The summed E-state index contributed by atoms with van der Waals surface area (Å²) in [5.41, 5.74) is 3.35. The highest BCUT2D eigenvalue weighted by Gasteiger charge is 2.20. The molecule has 57 valence electrons. The minimum Gasteiger partial charge on any atom is -0.0774 e. The van der Waals surface area contributed by atoms with Gasteiger partial charge in [-0.25, -0.2) is 0 Å². The maximum atomic E-state index is 3.60. The Hall–Kier alpha value is -0.303. The van der Waals surface area contributed by atoms with E-state index in [0.717, 1.165) is 12.0 Å². The highest BCUT2D eigenvalue weighted by Crippen LogP contribution is 2.37. The van der Waals surface area contributed by atoms with E-state index in [1.807, 2.05) is 0 Å². The Balaban J connectivity index is 2.21. The van der Waals surface area contributed by atoms with Gasteiger partial charge in [-0.3, -0.25) is 0 Å². The molecule has 2 aliphatic rings. The van der Waals surface area contributed by atoms with Gasteiger partial charge in [-0.05, 0) is 37.2 Å². The van der Waals surface area contributed by atoms with Gasteiger partial charge in [0.2, 0.25) is 0 Å². The maximum Gasteiger partial charge on any atom is 0.0233 e. The van der Waals surface area contributed by atoms with Crippen LogP contribution in [0.5, 0.6) is 0 Å². The van der Waals surface area contributed by atoms with Crippen molar-refractivity contribution in [2.75, 3.05) is 0 Å². The molecule has 0 bridgehead atoms. The zero-order valence-electron chi connectivity index (χ0n) is 6.77. The third-order valence-electron chi connectivity index (χ3n) is 2.75. The fraction of sp³-hybridized carbons (Fsp3) is 0.600. The molecule has 0 aliphatic heterocycles. The minimum absolute atomic E-state index is 0.724. The molecule has 0 saturated heterocycles. The minimum atomic E-state index is 0.724. The molecule has 0 amide bonds. The summed E-state index contributed by atoms with van der Waals surface area (Å²) >= 11 is 0. The lowest BCUT2D eigenvalue weighted by molar-refractivity contribution is 0.645. The van der Waals surface area contributed by atoms with Crippen molar-refractivity contribution in [3.05, 3.63) is 23.3 Å². The summed E-state index contributed by atoms with van der Waals surface area (Å²) in [5.74, 6) is 0.724. The molecule has 0 N–H and O–H groups in total. The van der Waals surface area contributed by atoms with E-state index in [1.165, 1.54) is 25.7 Å². The third kappa shape index (κ3) is 1.22. The molecule has 2 aliphatic carbocycles. The van der Waals surface area contributed by atoms with E-state index < -0.39 is 0 Å². The van der Waals surface area contributed by atoms with Gasteiger partial charge in [0, 0.05) is 10.2 Å². The van der Waals surface area contributed by atoms with Gasteiger partial charge in [0.15, 0.2) is 0 Å². The molecule has 0 spiro atoms. The average molecular weight is 161 g/mol. The Labute approximate surface area is 71.8 Å².